The van der Waals surface area contributed by atoms with E-state index in [0.717, 1.165) is 36.3 Å². The standard InChI is InChI=1S/C37H45ClN6O3/c1-2-18-39-19-22-43-26-44(31-10-4-3-5-11-31)37(36(43)47)16-20-42(21-17-37)35(46)33(23-27-12-14-30(38)15-13-27)41-34(45)32-24-28-8-6-7-9-29(28)25-40-32/h3-15,32-33,39-40H,2,16-26H2,1H3,(H,41,45)/t32-,33-/m1/s1. The number of benzene rings is 3. The molecule has 47 heavy (non-hydrogen) atoms. The van der Waals surface area contributed by atoms with Crippen LogP contribution in [0.15, 0.2) is 78.9 Å². The summed E-state index contributed by atoms with van der Waals surface area (Å²) in [7, 11) is 0. The number of para-hydroxylation sites is 1. The Morgan fingerprint density at radius 1 is 0.957 bits per heavy atom. The quantitative estimate of drug-likeness (QED) is 0.272. The molecule has 1 spiro atoms. The summed E-state index contributed by atoms with van der Waals surface area (Å²) < 4.78 is 0. The lowest BCUT2D eigenvalue weighted by Gasteiger charge is -2.44. The molecule has 2 fully saturated rings. The van der Waals surface area contributed by atoms with E-state index in [4.69, 9.17) is 11.6 Å². The maximum absolute atomic E-state index is 14.2. The molecule has 3 heterocycles. The average Bonchev–Trinajstić information content (AvgIpc) is 3.37. The number of likely N-dealkylation sites (tertiary alicyclic amines) is 1. The third-order valence-electron chi connectivity index (χ3n) is 9.84. The number of carbonyl (C=O) groups is 3. The van der Waals surface area contributed by atoms with Crippen LogP contribution in [0.5, 0.6) is 0 Å². The molecule has 0 bridgehead atoms. The number of amides is 3. The molecule has 3 aliphatic heterocycles. The van der Waals surface area contributed by atoms with Gasteiger partial charge in [0.15, 0.2) is 0 Å². The van der Waals surface area contributed by atoms with Crippen LogP contribution >= 0.6 is 11.6 Å². The molecule has 3 aliphatic rings. The molecule has 0 radical (unpaired) electrons. The fraction of sp³-hybridized carbons (Fsp3) is 0.432. The van der Waals surface area contributed by atoms with E-state index in [2.05, 4.69) is 52.0 Å². The predicted octanol–water partition coefficient (Wildman–Crippen LogP) is 3.75. The summed E-state index contributed by atoms with van der Waals surface area (Å²) in [6, 6.07) is 24.5. The molecule has 0 unspecified atom stereocenters. The van der Waals surface area contributed by atoms with E-state index in [0.29, 0.717) is 63.6 Å². The van der Waals surface area contributed by atoms with E-state index >= 15 is 0 Å². The Kier molecular flexibility index (Phi) is 10.4. The van der Waals surface area contributed by atoms with Crippen LogP contribution in [-0.4, -0.2) is 84.5 Å². The maximum Gasteiger partial charge on any atom is 0.250 e. The third-order valence-corrected chi connectivity index (χ3v) is 10.1. The van der Waals surface area contributed by atoms with Gasteiger partial charge >= 0.3 is 0 Å². The number of piperidine rings is 1. The van der Waals surface area contributed by atoms with E-state index < -0.39 is 17.6 Å². The Morgan fingerprint density at radius 2 is 1.66 bits per heavy atom. The second-order valence-corrected chi connectivity index (χ2v) is 13.3. The van der Waals surface area contributed by atoms with Gasteiger partial charge in [-0.1, -0.05) is 73.1 Å². The zero-order valence-corrected chi connectivity index (χ0v) is 27.8. The van der Waals surface area contributed by atoms with Crippen molar-refractivity contribution in [1.29, 1.82) is 0 Å². The van der Waals surface area contributed by atoms with Crippen LogP contribution in [0.3, 0.4) is 0 Å². The van der Waals surface area contributed by atoms with Crippen molar-refractivity contribution in [2.75, 3.05) is 44.3 Å². The molecule has 9 nitrogen and oxygen atoms in total. The van der Waals surface area contributed by atoms with E-state index in [-0.39, 0.29) is 17.7 Å². The van der Waals surface area contributed by atoms with Crippen molar-refractivity contribution in [3.05, 3.63) is 101 Å². The number of nitrogens with one attached hydrogen (secondary N) is 3. The normalized spacial score (nSPS) is 19.5. The molecule has 3 amide bonds. The van der Waals surface area contributed by atoms with Crippen LogP contribution < -0.4 is 20.9 Å². The second-order valence-electron chi connectivity index (χ2n) is 12.9. The van der Waals surface area contributed by atoms with Gasteiger partial charge in [-0.15, -0.1) is 0 Å². The number of hydrogen-bond acceptors (Lipinski definition) is 6. The van der Waals surface area contributed by atoms with Crippen molar-refractivity contribution >= 4 is 35.0 Å². The number of rotatable bonds is 11. The summed E-state index contributed by atoms with van der Waals surface area (Å²) in [6.07, 6.45) is 3.00. The van der Waals surface area contributed by atoms with Crippen molar-refractivity contribution in [3.63, 3.8) is 0 Å². The van der Waals surface area contributed by atoms with Crippen molar-refractivity contribution in [2.24, 2.45) is 0 Å². The van der Waals surface area contributed by atoms with E-state index in [9.17, 15) is 14.4 Å². The molecule has 3 aromatic rings. The number of fused-ring (bicyclic) bond motifs is 1. The molecule has 3 N–H and O–H groups in total. The van der Waals surface area contributed by atoms with Gasteiger partial charge in [-0.05, 0) is 73.2 Å². The molecule has 0 aliphatic carbocycles. The van der Waals surface area contributed by atoms with Gasteiger partial charge in [-0.3, -0.25) is 14.4 Å². The summed E-state index contributed by atoms with van der Waals surface area (Å²) in [4.78, 5) is 48.0. The highest BCUT2D eigenvalue weighted by atomic mass is 35.5. The first-order chi connectivity index (χ1) is 22.9. The van der Waals surface area contributed by atoms with Gasteiger partial charge in [0.25, 0.3) is 0 Å². The molecule has 3 aromatic carbocycles. The van der Waals surface area contributed by atoms with Gasteiger partial charge in [0, 0.05) is 49.9 Å². The zero-order valence-electron chi connectivity index (χ0n) is 27.1. The molecule has 248 valence electrons. The monoisotopic (exact) mass is 656 g/mol. The lowest BCUT2D eigenvalue weighted by atomic mass is 9.85. The minimum atomic E-state index is -0.748. The van der Waals surface area contributed by atoms with Crippen molar-refractivity contribution < 1.29 is 14.4 Å². The molecule has 2 atom stereocenters. The van der Waals surface area contributed by atoms with E-state index in [1.54, 1.807) is 12.1 Å². The minimum absolute atomic E-state index is 0.126. The first kappa shape index (κ1) is 33.0. The van der Waals surface area contributed by atoms with E-state index in [1.165, 1.54) is 5.56 Å². The lowest BCUT2D eigenvalue weighted by molar-refractivity contribution is -0.141. The smallest absolute Gasteiger partial charge is 0.250 e. The maximum atomic E-state index is 14.2. The molecule has 2 saturated heterocycles. The molecule has 6 rings (SSSR count). The SMILES string of the molecule is CCCNCCN1CN(c2ccccc2)C2(CCN(C(=O)[C@@H](Cc3ccc(Cl)cc3)NC(=O)[C@H]3Cc4ccccc4CN3)CC2)C1=O. The summed E-state index contributed by atoms with van der Waals surface area (Å²) >= 11 is 6.15. The Morgan fingerprint density at radius 3 is 2.38 bits per heavy atom. The highest BCUT2D eigenvalue weighted by Gasteiger charge is 2.54. The first-order valence-electron chi connectivity index (χ1n) is 16.8. The fourth-order valence-corrected chi connectivity index (χ4v) is 7.30. The molecular weight excluding hydrogens is 612 g/mol. The van der Waals surface area contributed by atoms with Gasteiger partial charge in [-0.25, -0.2) is 0 Å². The second kappa shape index (κ2) is 14.9. The van der Waals surface area contributed by atoms with E-state index in [1.807, 2.05) is 52.3 Å². The number of hydrogen-bond donors (Lipinski definition) is 3. The number of carbonyl (C=O) groups excluding carboxylic acids is 3. The highest BCUT2D eigenvalue weighted by Crippen LogP contribution is 2.39. The molecular formula is C37H45ClN6O3. The topological polar surface area (TPSA) is 97.0 Å². The van der Waals surface area contributed by atoms with Gasteiger partial charge in [0.1, 0.15) is 11.6 Å². The Bertz CT molecular complexity index is 1540. The summed E-state index contributed by atoms with van der Waals surface area (Å²) in [5, 5.41) is 10.5. The van der Waals surface area contributed by atoms with Crippen molar-refractivity contribution in [3.8, 4) is 0 Å². The molecule has 0 aromatic heterocycles. The largest absolute Gasteiger partial charge is 0.343 e. The van der Waals surface area contributed by atoms with Crippen LogP contribution in [0.2, 0.25) is 5.02 Å². The van der Waals surface area contributed by atoms with Crippen molar-refractivity contribution in [1.82, 2.24) is 25.8 Å². The third kappa shape index (κ3) is 7.32. The van der Waals surface area contributed by atoms with Crippen LogP contribution in [0, 0.1) is 0 Å². The van der Waals surface area contributed by atoms with Crippen molar-refractivity contribution in [2.45, 2.75) is 63.2 Å². The van der Waals surface area contributed by atoms with Gasteiger partial charge < -0.3 is 30.7 Å². The molecule has 0 saturated carbocycles. The Hall–Kier alpha value is -3.92. The van der Waals surface area contributed by atoms with Crippen LogP contribution in [0.4, 0.5) is 5.69 Å². The first-order valence-corrected chi connectivity index (χ1v) is 17.2. The fourth-order valence-electron chi connectivity index (χ4n) is 7.17. The Balaban J connectivity index is 1.17. The lowest BCUT2D eigenvalue weighted by Crippen LogP contribution is -2.60. The highest BCUT2D eigenvalue weighted by molar-refractivity contribution is 6.30. The van der Waals surface area contributed by atoms with Crippen LogP contribution in [0.25, 0.3) is 0 Å². The average molecular weight is 657 g/mol. The number of anilines is 1. The zero-order chi connectivity index (χ0) is 32.8. The van der Waals surface area contributed by atoms with Crippen LogP contribution in [-0.2, 0) is 33.8 Å². The van der Waals surface area contributed by atoms with Gasteiger partial charge in [0.2, 0.25) is 17.7 Å². The summed E-state index contributed by atoms with van der Waals surface area (Å²) in [6.45, 7) is 6.43. The number of halogens is 1. The summed E-state index contributed by atoms with van der Waals surface area (Å²) in [5.74, 6) is -0.188. The summed E-state index contributed by atoms with van der Waals surface area (Å²) in [5.41, 5.74) is 3.55. The van der Waals surface area contributed by atoms with Gasteiger partial charge in [0.05, 0.1) is 12.7 Å². The minimum Gasteiger partial charge on any atom is -0.343 e. The Labute approximate surface area is 282 Å². The number of nitrogens with zero attached hydrogens (tertiary/aromatic N) is 3. The van der Waals surface area contributed by atoms with Gasteiger partial charge in [-0.2, -0.15) is 0 Å². The molecule has 10 heteroatoms. The van der Waals surface area contributed by atoms with Crippen LogP contribution in [0.1, 0.15) is 42.9 Å². The predicted molar refractivity (Wildman–Crippen MR) is 185 cm³/mol.